The molecule has 1 amide bonds. The highest BCUT2D eigenvalue weighted by molar-refractivity contribution is 7.92. The number of carbonyl (C=O) groups excluding carboxylic acids is 1. The molecular formula is C19H23FN2O3S. The molecule has 0 radical (unpaired) electrons. The van der Waals surface area contributed by atoms with Gasteiger partial charge in [0, 0.05) is 12.1 Å². The van der Waals surface area contributed by atoms with Crippen LogP contribution in [0.1, 0.15) is 35.7 Å². The first-order valence-corrected chi connectivity index (χ1v) is 10.2. The maximum atomic E-state index is 13.2. The molecule has 5 nitrogen and oxygen atoms in total. The molecule has 26 heavy (non-hydrogen) atoms. The second-order valence-corrected chi connectivity index (χ2v) is 8.22. The van der Waals surface area contributed by atoms with Gasteiger partial charge < -0.3 is 5.32 Å². The van der Waals surface area contributed by atoms with Gasteiger partial charge in [-0.2, -0.15) is 0 Å². The third kappa shape index (κ3) is 5.05. The highest BCUT2D eigenvalue weighted by Crippen LogP contribution is 2.28. The molecule has 0 unspecified atom stereocenters. The van der Waals surface area contributed by atoms with E-state index in [1.807, 2.05) is 26.0 Å². The lowest BCUT2D eigenvalue weighted by Gasteiger charge is -2.26. The molecule has 0 aliphatic carbocycles. The zero-order valence-electron chi connectivity index (χ0n) is 15.1. The molecule has 2 rings (SSSR count). The van der Waals surface area contributed by atoms with Crippen LogP contribution < -0.4 is 9.62 Å². The number of carbonyl (C=O) groups is 1. The van der Waals surface area contributed by atoms with E-state index in [1.54, 1.807) is 12.1 Å². The zero-order chi connectivity index (χ0) is 19.3. The van der Waals surface area contributed by atoms with Crippen molar-refractivity contribution in [3.63, 3.8) is 0 Å². The van der Waals surface area contributed by atoms with Gasteiger partial charge in [-0.3, -0.25) is 9.10 Å². The maximum Gasteiger partial charge on any atom is 0.251 e. The predicted octanol–water partition coefficient (Wildman–Crippen LogP) is 3.15. The first kappa shape index (κ1) is 19.9. The summed E-state index contributed by atoms with van der Waals surface area (Å²) in [5.74, 6) is -0.797. The molecule has 7 heteroatoms. The van der Waals surface area contributed by atoms with Crippen LogP contribution in [0.3, 0.4) is 0 Å². The Hall–Kier alpha value is -2.41. The second kappa shape index (κ2) is 8.31. The van der Waals surface area contributed by atoms with Crippen LogP contribution in [0.25, 0.3) is 0 Å². The summed E-state index contributed by atoms with van der Waals surface area (Å²) in [5.41, 5.74) is 1.71. The van der Waals surface area contributed by atoms with Crippen molar-refractivity contribution >= 4 is 21.6 Å². The molecule has 140 valence electrons. The maximum absolute atomic E-state index is 13.2. The molecule has 0 atom stereocenters. The molecule has 2 aromatic rings. The van der Waals surface area contributed by atoms with Gasteiger partial charge in [0.1, 0.15) is 5.82 Å². The third-order valence-corrected chi connectivity index (χ3v) is 5.09. The lowest BCUT2D eigenvalue weighted by atomic mass is 10.0. The second-order valence-electron chi connectivity index (χ2n) is 6.31. The van der Waals surface area contributed by atoms with E-state index in [4.69, 9.17) is 0 Å². The van der Waals surface area contributed by atoms with Crippen LogP contribution in [-0.2, 0) is 10.0 Å². The van der Waals surface area contributed by atoms with Crippen molar-refractivity contribution in [2.75, 3.05) is 23.7 Å². The van der Waals surface area contributed by atoms with Gasteiger partial charge in [0.2, 0.25) is 10.0 Å². The minimum Gasteiger partial charge on any atom is -0.350 e. The van der Waals surface area contributed by atoms with Crippen molar-refractivity contribution in [3.8, 4) is 0 Å². The van der Waals surface area contributed by atoms with Crippen LogP contribution in [0.2, 0.25) is 0 Å². The molecule has 0 bridgehead atoms. The number of anilines is 1. The molecule has 1 N–H and O–H groups in total. The number of halogens is 1. The summed E-state index contributed by atoms with van der Waals surface area (Å²) in [6.45, 7) is 4.18. The zero-order valence-corrected chi connectivity index (χ0v) is 15.9. The molecule has 0 saturated carbocycles. The van der Waals surface area contributed by atoms with Gasteiger partial charge in [0.15, 0.2) is 0 Å². The summed E-state index contributed by atoms with van der Waals surface area (Å²) in [4.78, 5) is 12.1. The molecule has 0 aliphatic heterocycles. The van der Waals surface area contributed by atoms with Crippen molar-refractivity contribution in [2.24, 2.45) is 0 Å². The van der Waals surface area contributed by atoms with Crippen molar-refractivity contribution in [1.82, 2.24) is 5.32 Å². The van der Waals surface area contributed by atoms with Crippen LogP contribution in [0, 0.1) is 5.82 Å². The molecule has 0 heterocycles. The van der Waals surface area contributed by atoms with E-state index in [2.05, 4.69) is 5.32 Å². The molecule has 0 fully saturated rings. The van der Waals surface area contributed by atoms with Crippen molar-refractivity contribution < 1.29 is 17.6 Å². The molecule has 0 aliphatic rings. The minimum absolute atomic E-state index is 0.0869. The van der Waals surface area contributed by atoms with Gasteiger partial charge in [-0.25, -0.2) is 12.8 Å². The van der Waals surface area contributed by atoms with E-state index in [0.717, 1.165) is 17.9 Å². The normalized spacial score (nSPS) is 11.4. The first-order chi connectivity index (χ1) is 12.2. The number of hydrogen-bond donors (Lipinski definition) is 1. The van der Waals surface area contributed by atoms with Gasteiger partial charge in [0.05, 0.1) is 18.5 Å². The summed E-state index contributed by atoms with van der Waals surface area (Å²) in [7, 11) is -3.52. The standard InChI is InChI=1S/C19H23FN2O3S/c1-14(2)17-9-4-5-10-18(17)22(26(3,24)25)12-11-21-19(23)15-7-6-8-16(20)13-15/h4-10,13-14H,11-12H2,1-3H3,(H,21,23). The van der Waals surface area contributed by atoms with E-state index in [1.165, 1.54) is 22.5 Å². The van der Waals surface area contributed by atoms with Gasteiger partial charge in [-0.15, -0.1) is 0 Å². The van der Waals surface area contributed by atoms with E-state index in [-0.39, 0.29) is 24.6 Å². The van der Waals surface area contributed by atoms with Crippen molar-refractivity contribution in [2.45, 2.75) is 19.8 Å². The van der Waals surface area contributed by atoms with Crippen LogP contribution in [0.4, 0.5) is 10.1 Å². The first-order valence-electron chi connectivity index (χ1n) is 8.30. The van der Waals surface area contributed by atoms with Crippen LogP contribution >= 0.6 is 0 Å². The lowest BCUT2D eigenvalue weighted by Crippen LogP contribution is -2.38. The third-order valence-electron chi connectivity index (χ3n) is 3.92. The average molecular weight is 378 g/mol. The van der Waals surface area contributed by atoms with E-state index in [0.29, 0.717) is 5.69 Å². The Bertz CT molecular complexity index is 882. The fourth-order valence-electron chi connectivity index (χ4n) is 2.67. The number of para-hydroxylation sites is 1. The van der Waals surface area contributed by atoms with Gasteiger partial charge >= 0.3 is 0 Å². The monoisotopic (exact) mass is 378 g/mol. The van der Waals surface area contributed by atoms with Gasteiger partial charge in [-0.05, 0) is 35.7 Å². The van der Waals surface area contributed by atoms with E-state index in [9.17, 15) is 17.6 Å². The number of nitrogens with zero attached hydrogens (tertiary/aromatic N) is 1. The lowest BCUT2D eigenvalue weighted by molar-refractivity contribution is 0.0954. The highest BCUT2D eigenvalue weighted by atomic mass is 32.2. The summed E-state index contributed by atoms with van der Waals surface area (Å²) in [6, 6.07) is 12.6. The Morgan fingerprint density at radius 2 is 1.85 bits per heavy atom. The Kier molecular flexibility index (Phi) is 6.37. The quantitative estimate of drug-likeness (QED) is 0.805. The fraction of sp³-hybridized carbons (Fsp3) is 0.316. The Morgan fingerprint density at radius 3 is 2.46 bits per heavy atom. The largest absolute Gasteiger partial charge is 0.350 e. The number of benzene rings is 2. The Labute approximate surface area is 153 Å². The average Bonchev–Trinajstić information content (AvgIpc) is 2.57. The minimum atomic E-state index is -3.52. The van der Waals surface area contributed by atoms with Crippen LogP contribution in [0.5, 0.6) is 0 Å². The topological polar surface area (TPSA) is 66.5 Å². The van der Waals surface area contributed by atoms with Crippen LogP contribution in [0.15, 0.2) is 48.5 Å². The number of sulfonamides is 1. The van der Waals surface area contributed by atoms with Gasteiger partial charge in [0.25, 0.3) is 5.91 Å². The summed E-state index contributed by atoms with van der Waals surface area (Å²) in [5, 5.41) is 2.64. The number of rotatable bonds is 7. The fourth-order valence-corrected chi connectivity index (χ4v) is 3.62. The summed E-state index contributed by atoms with van der Waals surface area (Å²) in [6.07, 6.45) is 1.14. The van der Waals surface area contributed by atoms with Crippen molar-refractivity contribution in [3.05, 3.63) is 65.5 Å². The van der Waals surface area contributed by atoms with E-state index >= 15 is 0 Å². The highest BCUT2D eigenvalue weighted by Gasteiger charge is 2.21. The predicted molar refractivity (Wildman–Crippen MR) is 101 cm³/mol. The number of hydrogen-bond acceptors (Lipinski definition) is 3. The van der Waals surface area contributed by atoms with E-state index < -0.39 is 21.7 Å². The number of nitrogens with one attached hydrogen (secondary N) is 1. The van der Waals surface area contributed by atoms with Crippen LogP contribution in [-0.4, -0.2) is 33.7 Å². The Morgan fingerprint density at radius 1 is 1.15 bits per heavy atom. The molecule has 2 aromatic carbocycles. The molecular weight excluding hydrogens is 355 g/mol. The smallest absolute Gasteiger partial charge is 0.251 e. The van der Waals surface area contributed by atoms with Gasteiger partial charge in [-0.1, -0.05) is 38.1 Å². The molecule has 0 saturated heterocycles. The van der Waals surface area contributed by atoms with Crippen molar-refractivity contribution in [1.29, 1.82) is 0 Å². The summed E-state index contributed by atoms with van der Waals surface area (Å²) < 4.78 is 39.0. The SMILES string of the molecule is CC(C)c1ccccc1N(CCNC(=O)c1cccc(F)c1)S(C)(=O)=O. The molecule has 0 spiro atoms. The number of amides is 1. The Balaban J connectivity index is 2.14. The summed E-state index contributed by atoms with van der Waals surface area (Å²) >= 11 is 0. The molecule has 0 aromatic heterocycles.